The Morgan fingerprint density at radius 1 is 0.910 bits per heavy atom. The van der Waals surface area contributed by atoms with Gasteiger partial charge in [-0.3, -0.25) is 28.1 Å². The van der Waals surface area contributed by atoms with Gasteiger partial charge in [0.1, 0.15) is 36.3 Å². The number of phosphoric acid groups is 3. The summed E-state index contributed by atoms with van der Waals surface area (Å²) >= 11 is 1.14. The zero-order valence-corrected chi connectivity index (χ0v) is 41.5. The lowest BCUT2D eigenvalue weighted by atomic mass is 9.87. The van der Waals surface area contributed by atoms with Gasteiger partial charge in [0.2, 0.25) is 11.8 Å². The minimum absolute atomic E-state index is 0.0188. The Balaban J connectivity index is 1.30. The number of fused-ring (bicyclic) bond motifs is 1. The van der Waals surface area contributed by atoms with Gasteiger partial charge in [-0.2, -0.15) is 0 Å². The van der Waals surface area contributed by atoms with Gasteiger partial charge in [0.25, 0.3) is 15.6 Å². The van der Waals surface area contributed by atoms with Crippen molar-refractivity contribution in [3.8, 4) is 0 Å². The average Bonchev–Trinajstić information content (AvgIpc) is 3.81. The van der Waals surface area contributed by atoms with E-state index in [1.165, 1.54) is 52.4 Å². The number of aliphatic hydroxyl groups excluding tert-OH is 2. The lowest BCUT2D eigenvalue weighted by molar-refractivity contribution is -0.347. The summed E-state index contributed by atoms with van der Waals surface area (Å²) in [6.45, 7) is 2.39. The molecule has 3 rings (SSSR count). The van der Waals surface area contributed by atoms with Crippen molar-refractivity contribution in [2.24, 2.45) is 5.41 Å². The van der Waals surface area contributed by atoms with E-state index in [2.05, 4.69) is 62.5 Å². The number of nitrogen functional groups attached to an aromatic ring is 1. The van der Waals surface area contributed by atoms with Crippen LogP contribution in [0.2, 0.25) is 0 Å². The number of nitrogens with one attached hydrogen (secondary N) is 2. The number of allylic oxidation sites excluding steroid dienone is 2. The molecular weight excluding hydrogens is 963 g/mol. The van der Waals surface area contributed by atoms with Gasteiger partial charge in [0.15, 0.2) is 22.8 Å². The fourth-order valence-corrected chi connectivity index (χ4v) is 10.1. The topological polar surface area (TPSA) is 375 Å². The van der Waals surface area contributed by atoms with Crippen LogP contribution < -0.4 is 35.9 Å². The van der Waals surface area contributed by atoms with Gasteiger partial charge in [-0.1, -0.05) is 96.1 Å². The molecule has 1 saturated heterocycles. The standard InChI is InChI=1S/C39H68N7O17P3S/c1-4-5-6-7-8-9-10-11-12-13-14-15-16-17-18-19-30(48)67-23-22-41-29(47)20-21-42-37(51)34(50)39(2,3)25-60-66(57,58)63-65(55,56)59-24-28-33(62-64(52,53)54)32(49)38(61-28)46-27-45-31-35(40)43-26-44-36(31)46/h11-12,26-28,32-34,38,49-50H,4-10,13-25H2,1-3H3,(H,41,47)(H,42,51)(H,55,56)(H,57,58)(H2,40,43,44)(H2,52,53,54)/p-4/b12-11+/t28-,32-,33-,34+,38-/m1/s1. The van der Waals surface area contributed by atoms with Crippen molar-refractivity contribution in [1.82, 2.24) is 30.2 Å². The van der Waals surface area contributed by atoms with Crippen LogP contribution in [0.15, 0.2) is 24.8 Å². The highest BCUT2D eigenvalue weighted by molar-refractivity contribution is 8.13. The second-order valence-electron chi connectivity index (χ2n) is 16.5. The van der Waals surface area contributed by atoms with E-state index in [1.807, 2.05) is 0 Å². The molecular formula is C39H64N7O17P3S-4. The number of aliphatic hydroxyl groups is 2. The Kier molecular flexibility index (Phi) is 25.2. The number of anilines is 1. The fourth-order valence-electron chi connectivity index (χ4n) is 6.68. The SMILES string of the molecule is CCCCCCCC/C=C/CCCCCCCC(=O)SCCNC(=O)CCNC(=O)[C@H](O)C(C)(C)COP(=O)([O-])OP(=O)([O-])OC[C@H]1O[C@@H](n2cnc3c(N)ncnc32)[C@H](O)[C@@H]1OP(=O)([O-])[O-]. The highest BCUT2D eigenvalue weighted by Crippen LogP contribution is 2.56. The van der Waals surface area contributed by atoms with E-state index in [1.54, 1.807) is 0 Å². The number of imidazole rings is 1. The minimum Gasteiger partial charge on any atom is -0.790 e. The monoisotopic (exact) mass is 1030 g/mol. The second kappa shape index (κ2) is 28.8. The molecule has 0 bridgehead atoms. The molecule has 0 radical (unpaired) electrons. The van der Waals surface area contributed by atoms with Gasteiger partial charge in [-0.15, -0.1) is 0 Å². The normalized spacial score (nSPS) is 20.2. The van der Waals surface area contributed by atoms with Gasteiger partial charge in [0.05, 0.1) is 27.4 Å². The summed E-state index contributed by atoms with van der Waals surface area (Å²) in [6, 6.07) is 0. The van der Waals surface area contributed by atoms with E-state index in [9.17, 15) is 57.9 Å². The Labute approximate surface area is 394 Å². The highest BCUT2D eigenvalue weighted by atomic mass is 32.2. The van der Waals surface area contributed by atoms with Crippen LogP contribution in [0.25, 0.3) is 11.2 Å². The summed E-state index contributed by atoms with van der Waals surface area (Å²) in [7, 11) is -17.6. The Hall–Kier alpha value is -2.70. The third-order valence-corrected chi connectivity index (χ3v) is 14.3. The maximum atomic E-state index is 12.6. The van der Waals surface area contributed by atoms with Gasteiger partial charge < -0.3 is 69.0 Å². The first-order chi connectivity index (χ1) is 31.6. The predicted octanol–water partition coefficient (Wildman–Crippen LogP) is 2.17. The molecule has 2 unspecified atom stereocenters. The Bertz CT molecular complexity index is 2040. The summed E-state index contributed by atoms with van der Waals surface area (Å²) in [5.41, 5.74) is 4.09. The first-order valence-corrected chi connectivity index (χ1v) is 27.5. The number of hydrogen-bond acceptors (Lipinski definition) is 22. The van der Waals surface area contributed by atoms with Gasteiger partial charge >= 0.3 is 0 Å². The molecule has 0 spiro atoms. The molecule has 2 amide bonds. The molecule has 28 heteroatoms. The van der Waals surface area contributed by atoms with Crippen LogP contribution in [-0.4, -0.2) is 103 Å². The van der Waals surface area contributed by atoms with E-state index < -0.39 is 84.6 Å². The van der Waals surface area contributed by atoms with Crippen molar-refractivity contribution in [3.63, 3.8) is 0 Å². The van der Waals surface area contributed by atoms with Crippen LogP contribution in [-0.2, 0) is 50.7 Å². The number of carbonyl (C=O) groups excluding carboxylic acids is 3. The lowest BCUT2D eigenvalue weighted by Gasteiger charge is -2.36. The number of hydrogen-bond donors (Lipinski definition) is 5. The third kappa shape index (κ3) is 21.9. The molecule has 7 atom stereocenters. The summed E-state index contributed by atoms with van der Waals surface area (Å²) in [5.74, 6) is -1.14. The van der Waals surface area contributed by atoms with Crippen molar-refractivity contribution < 1.29 is 80.5 Å². The van der Waals surface area contributed by atoms with E-state index in [4.69, 9.17) is 10.5 Å². The fraction of sp³-hybridized carbons (Fsp3) is 0.744. The highest BCUT2D eigenvalue weighted by Gasteiger charge is 2.47. The zero-order valence-electron chi connectivity index (χ0n) is 38.0. The maximum Gasteiger partial charge on any atom is 0.274 e. The number of rotatable bonds is 34. The zero-order chi connectivity index (χ0) is 49.7. The van der Waals surface area contributed by atoms with Gasteiger partial charge in [-0.05, 0) is 32.1 Å². The van der Waals surface area contributed by atoms with Gasteiger partial charge in [-0.25, -0.2) is 19.3 Å². The summed E-state index contributed by atoms with van der Waals surface area (Å²) in [4.78, 5) is 96.8. The number of carbonyl (C=O) groups is 3. The molecule has 3 heterocycles. The largest absolute Gasteiger partial charge is 0.790 e. The molecule has 2 aromatic rings. The number of nitrogens with two attached hydrogens (primary N) is 1. The molecule has 1 aliphatic heterocycles. The maximum absolute atomic E-state index is 12.6. The molecule has 382 valence electrons. The lowest BCUT2D eigenvalue weighted by Crippen LogP contribution is -2.46. The molecule has 2 aromatic heterocycles. The minimum atomic E-state index is -5.92. The molecule has 1 aliphatic rings. The number of nitrogens with zero attached hydrogens (tertiary/aromatic N) is 4. The number of thioether (sulfide) groups is 1. The molecule has 1 fully saturated rings. The van der Waals surface area contributed by atoms with Crippen molar-refractivity contribution >= 4 is 69.1 Å². The van der Waals surface area contributed by atoms with E-state index >= 15 is 0 Å². The first-order valence-electron chi connectivity index (χ1n) is 22.2. The van der Waals surface area contributed by atoms with Crippen molar-refractivity contribution in [2.45, 2.75) is 148 Å². The quantitative estimate of drug-likeness (QED) is 0.0381. The molecule has 0 saturated carbocycles. The van der Waals surface area contributed by atoms with Crippen LogP contribution in [0.1, 0.15) is 123 Å². The summed E-state index contributed by atoms with van der Waals surface area (Å²) in [5, 5.41) is 26.5. The Morgan fingerprint density at radius 2 is 1.54 bits per heavy atom. The van der Waals surface area contributed by atoms with Crippen molar-refractivity contribution in [3.05, 3.63) is 24.8 Å². The van der Waals surface area contributed by atoms with Crippen molar-refractivity contribution in [2.75, 3.05) is 37.8 Å². The third-order valence-electron chi connectivity index (χ3n) is 10.4. The van der Waals surface area contributed by atoms with Gasteiger partial charge in [0, 0.05) is 37.1 Å². The number of amides is 2. The van der Waals surface area contributed by atoms with Crippen LogP contribution in [0, 0.1) is 5.41 Å². The molecule has 67 heavy (non-hydrogen) atoms. The second-order valence-corrected chi connectivity index (χ2v) is 21.8. The average molecular weight is 1030 g/mol. The van der Waals surface area contributed by atoms with Crippen LogP contribution in [0.5, 0.6) is 0 Å². The summed E-state index contributed by atoms with van der Waals surface area (Å²) < 4.78 is 60.8. The molecule has 24 nitrogen and oxygen atoms in total. The van der Waals surface area contributed by atoms with Crippen LogP contribution >= 0.6 is 35.2 Å². The van der Waals surface area contributed by atoms with Crippen molar-refractivity contribution in [1.29, 1.82) is 0 Å². The van der Waals surface area contributed by atoms with E-state index in [-0.39, 0.29) is 41.6 Å². The van der Waals surface area contributed by atoms with E-state index in [0.29, 0.717) is 12.2 Å². The number of aromatic nitrogens is 4. The molecule has 6 N–H and O–H groups in total. The summed E-state index contributed by atoms with van der Waals surface area (Å²) in [6.07, 6.45) is 12.7. The first kappa shape index (κ1) is 58.6. The molecule has 0 aliphatic carbocycles. The number of ether oxygens (including phenoxy) is 1. The van der Waals surface area contributed by atoms with E-state index in [0.717, 1.165) is 73.9 Å². The smallest absolute Gasteiger partial charge is 0.274 e. The molecule has 0 aromatic carbocycles. The Morgan fingerprint density at radius 3 is 2.19 bits per heavy atom. The number of unbranched alkanes of at least 4 members (excludes halogenated alkanes) is 11. The predicted molar refractivity (Wildman–Crippen MR) is 238 cm³/mol. The van der Waals surface area contributed by atoms with Crippen LogP contribution in [0.4, 0.5) is 5.82 Å². The number of phosphoric ester groups is 3. The van der Waals surface area contributed by atoms with Crippen LogP contribution in [0.3, 0.4) is 0 Å².